The second-order valence-electron chi connectivity index (χ2n) is 2.61. The molecule has 0 spiro atoms. The van der Waals surface area contributed by atoms with Gasteiger partial charge in [-0.3, -0.25) is 4.79 Å². The van der Waals surface area contributed by atoms with Crippen molar-refractivity contribution in [3.05, 3.63) is 29.6 Å². The van der Waals surface area contributed by atoms with E-state index in [2.05, 4.69) is 27.9 Å². The zero-order chi connectivity index (χ0) is 10.6. The summed E-state index contributed by atoms with van der Waals surface area (Å²) < 4.78 is 13.9. The van der Waals surface area contributed by atoms with Gasteiger partial charge in [-0.05, 0) is 12.1 Å². The Hall–Kier alpha value is -0.850. The Morgan fingerprint density at radius 1 is 1.57 bits per heavy atom. The summed E-state index contributed by atoms with van der Waals surface area (Å²) in [6, 6.07) is 3.45. The molecule has 0 unspecified atom stereocenters. The highest BCUT2D eigenvalue weighted by Crippen LogP contribution is 2.14. The first kappa shape index (κ1) is 11.2. The first-order chi connectivity index (χ1) is 6.65. The summed E-state index contributed by atoms with van der Waals surface area (Å²) in [6.45, 7) is 0.500. The van der Waals surface area contributed by atoms with E-state index in [0.29, 0.717) is 6.54 Å². The lowest BCUT2D eigenvalue weighted by Gasteiger charge is -2.04. The Labute approximate surface area is 94.5 Å². The molecular formula is C9H9FINO2. The minimum Gasteiger partial charge on any atom is -0.508 e. The van der Waals surface area contributed by atoms with E-state index in [-0.39, 0.29) is 11.3 Å². The van der Waals surface area contributed by atoms with Crippen LogP contribution in [0.3, 0.4) is 0 Å². The van der Waals surface area contributed by atoms with Crippen LogP contribution in [0.4, 0.5) is 4.39 Å². The average molecular weight is 309 g/mol. The molecular weight excluding hydrogens is 300 g/mol. The Balaban J connectivity index is 2.80. The number of alkyl halides is 1. The molecule has 0 fully saturated rings. The van der Waals surface area contributed by atoms with Crippen molar-refractivity contribution in [3.8, 4) is 5.75 Å². The molecule has 1 amide bonds. The number of hydrogen-bond donors (Lipinski definition) is 2. The van der Waals surface area contributed by atoms with Gasteiger partial charge in [0.05, 0.1) is 5.56 Å². The maximum Gasteiger partial charge on any atom is 0.254 e. The SMILES string of the molecule is O=C(NCCI)c1ccc(O)cc1F. The predicted octanol–water partition coefficient (Wildman–Crippen LogP) is 1.70. The average Bonchev–Trinajstić information content (AvgIpc) is 2.14. The van der Waals surface area contributed by atoms with E-state index in [4.69, 9.17) is 5.11 Å². The minimum absolute atomic E-state index is 0.0485. The third-order valence-corrected chi connectivity index (χ3v) is 2.12. The van der Waals surface area contributed by atoms with Crippen LogP contribution in [0.1, 0.15) is 10.4 Å². The van der Waals surface area contributed by atoms with Crippen LogP contribution < -0.4 is 5.32 Å². The molecule has 1 aromatic rings. The Morgan fingerprint density at radius 2 is 2.29 bits per heavy atom. The fraction of sp³-hybridized carbons (Fsp3) is 0.222. The van der Waals surface area contributed by atoms with E-state index in [0.717, 1.165) is 10.5 Å². The lowest BCUT2D eigenvalue weighted by atomic mass is 10.2. The monoisotopic (exact) mass is 309 g/mol. The molecule has 76 valence electrons. The Bertz CT molecular complexity index is 344. The quantitative estimate of drug-likeness (QED) is 0.659. The molecule has 0 saturated heterocycles. The number of phenolic OH excluding ortho intramolecular Hbond substituents is 1. The lowest BCUT2D eigenvalue weighted by Crippen LogP contribution is -2.25. The first-order valence-electron chi connectivity index (χ1n) is 3.98. The molecule has 0 atom stereocenters. The highest BCUT2D eigenvalue weighted by atomic mass is 127. The van der Waals surface area contributed by atoms with Gasteiger partial charge in [0.25, 0.3) is 5.91 Å². The van der Waals surface area contributed by atoms with Crippen LogP contribution >= 0.6 is 22.6 Å². The van der Waals surface area contributed by atoms with Crippen LogP contribution in [-0.2, 0) is 0 Å². The summed E-state index contributed by atoms with van der Waals surface area (Å²) in [5.41, 5.74) is -0.0485. The smallest absolute Gasteiger partial charge is 0.254 e. The molecule has 3 nitrogen and oxygen atoms in total. The van der Waals surface area contributed by atoms with E-state index in [1.165, 1.54) is 12.1 Å². The summed E-state index contributed by atoms with van der Waals surface area (Å²) in [5.74, 6) is -1.36. The molecule has 0 heterocycles. The van der Waals surface area contributed by atoms with Crippen LogP contribution in [0.15, 0.2) is 18.2 Å². The number of rotatable bonds is 3. The van der Waals surface area contributed by atoms with Crippen molar-refractivity contribution in [1.82, 2.24) is 5.32 Å². The van der Waals surface area contributed by atoms with E-state index < -0.39 is 11.7 Å². The number of nitrogens with one attached hydrogen (secondary N) is 1. The number of hydrogen-bond acceptors (Lipinski definition) is 2. The van der Waals surface area contributed by atoms with Gasteiger partial charge in [-0.25, -0.2) is 4.39 Å². The molecule has 5 heteroatoms. The lowest BCUT2D eigenvalue weighted by molar-refractivity contribution is 0.0952. The minimum atomic E-state index is -0.712. The summed E-state index contributed by atoms with van der Waals surface area (Å²) in [4.78, 5) is 11.3. The second-order valence-corrected chi connectivity index (χ2v) is 3.69. The zero-order valence-electron chi connectivity index (χ0n) is 7.26. The molecule has 14 heavy (non-hydrogen) atoms. The number of phenols is 1. The molecule has 2 N–H and O–H groups in total. The molecule has 0 bridgehead atoms. The normalized spacial score (nSPS) is 9.86. The molecule has 1 rings (SSSR count). The van der Waals surface area contributed by atoms with Crippen LogP contribution in [-0.4, -0.2) is 22.0 Å². The van der Waals surface area contributed by atoms with Gasteiger partial charge < -0.3 is 10.4 Å². The van der Waals surface area contributed by atoms with Crippen molar-refractivity contribution in [2.75, 3.05) is 11.0 Å². The number of carbonyl (C=O) groups excluding carboxylic acids is 1. The molecule has 0 saturated carbocycles. The van der Waals surface area contributed by atoms with Crippen LogP contribution in [0.5, 0.6) is 5.75 Å². The number of aromatic hydroxyl groups is 1. The van der Waals surface area contributed by atoms with Gasteiger partial charge in [-0.2, -0.15) is 0 Å². The highest BCUT2D eigenvalue weighted by Gasteiger charge is 2.10. The maximum atomic E-state index is 13.1. The molecule has 0 aromatic heterocycles. The Morgan fingerprint density at radius 3 is 2.86 bits per heavy atom. The van der Waals surface area contributed by atoms with Gasteiger partial charge in [0.1, 0.15) is 11.6 Å². The van der Waals surface area contributed by atoms with Crippen LogP contribution in [0.25, 0.3) is 0 Å². The molecule has 0 radical (unpaired) electrons. The molecule has 1 aromatic carbocycles. The second kappa shape index (κ2) is 5.14. The van der Waals surface area contributed by atoms with Crippen molar-refractivity contribution in [3.63, 3.8) is 0 Å². The van der Waals surface area contributed by atoms with E-state index in [1.807, 2.05) is 0 Å². The van der Waals surface area contributed by atoms with Gasteiger partial charge >= 0.3 is 0 Å². The fourth-order valence-corrected chi connectivity index (χ4v) is 1.21. The fourth-order valence-electron chi connectivity index (χ4n) is 0.944. The van der Waals surface area contributed by atoms with Crippen molar-refractivity contribution in [2.24, 2.45) is 0 Å². The molecule has 0 aliphatic heterocycles. The third kappa shape index (κ3) is 2.83. The number of amides is 1. The largest absolute Gasteiger partial charge is 0.508 e. The number of carbonyl (C=O) groups is 1. The van der Waals surface area contributed by atoms with E-state index in [1.54, 1.807) is 0 Å². The summed E-state index contributed by atoms with van der Waals surface area (Å²) in [6.07, 6.45) is 0. The van der Waals surface area contributed by atoms with Gasteiger partial charge in [-0.1, -0.05) is 22.6 Å². The maximum absolute atomic E-state index is 13.1. The first-order valence-corrected chi connectivity index (χ1v) is 5.50. The van der Waals surface area contributed by atoms with E-state index >= 15 is 0 Å². The predicted molar refractivity (Wildman–Crippen MR) is 59.3 cm³/mol. The molecule has 0 aliphatic carbocycles. The topological polar surface area (TPSA) is 49.3 Å². The third-order valence-electron chi connectivity index (χ3n) is 1.58. The van der Waals surface area contributed by atoms with E-state index in [9.17, 15) is 9.18 Å². The Kier molecular flexibility index (Phi) is 4.12. The van der Waals surface area contributed by atoms with Gasteiger partial charge in [-0.15, -0.1) is 0 Å². The zero-order valence-corrected chi connectivity index (χ0v) is 9.42. The van der Waals surface area contributed by atoms with Crippen molar-refractivity contribution in [1.29, 1.82) is 0 Å². The van der Waals surface area contributed by atoms with Gasteiger partial charge in [0.2, 0.25) is 0 Å². The van der Waals surface area contributed by atoms with Crippen molar-refractivity contribution < 1.29 is 14.3 Å². The number of halogens is 2. The summed E-state index contributed by atoms with van der Waals surface area (Å²) >= 11 is 2.11. The van der Waals surface area contributed by atoms with Gasteiger partial charge in [0.15, 0.2) is 0 Å². The molecule has 0 aliphatic rings. The highest BCUT2D eigenvalue weighted by molar-refractivity contribution is 14.1. The van der Waals surface area contributed by atoms with Gasteiger partial charge in [0, 0.05) is 17.0 Å². The standard InChI is InChI=1S/C9H9FINO2/c10-8-5-6(13)1-2-7(8)9(14)12-4-3-11/h1-2,5,13H,3-4H2,(H,12,14). The summed E-state index contributed by atoms with van der Waals surface area (Å²) in [7, 11) is 0. The van der Waals surface area contributed by atoms with Crippen LogP contribution in [0, 0.1) is 5.82 Å². The van der Waals surface area contributed by atoms with Crippen molar-refractivity contribution in [2.45, 2.75) is 0 Å². The number of benzene rings is 1. The summed E-state index contributed by atoms with van der Waals surface area (Å²) in [5, 5.41) is 11.5. The van der Waals surface area contributed by atoms with Crippen LogP contribution in [0.2, 0.25) is 0 Å². The van der Waals surface area contributed by atoms with Crippen molar-refractivity contribution >= 4 is 28.5 Å².